The van der Waals surface area contributed by atoms with E-state index >= 15 is 0 Å². The number of hydrogen-bond donors (Lipinski definition) is 4. The van der Waals surface area contributed by atoms with Crippen LogP contribution in [-0.4, -0.2) is 27.2 Å². The Hall–Kier alpha value is -2.68. The Bertz CT molecular complexity index is 830. The average Bonchev–Trinajstić information content (AvgIpc) is 3.32. The van der Waals surface area contributed by atoms with Crippen LogP contribution in [0.15, 0.2) is 18.3 Å². The minimum atomic E-state index is -0.638. The second-order valence-corrected chi connectivity index (χ2v) is 7.57. The van der Waals surface area contributed by atoms with Gasteiger partial charge in [-0.15, -0.1) is 0 Å². The molecule has 8 nitrogen and oxygen atoms in total. The topological polar surface area (TPSA) is 136 Å². The molecule has 1 saturated carbocycles. The van der Waals surface area contributed by atoms with E-state index in [0.29, 0.717) is 17.3 Å². The van der Waals surface area contributed by atoms with Crippen molar-refractivity contribution < 1.29 is 9.59 Å². The molecule has 1 aliphatic rings. The summed E-state index contributed by atoms with van der Waals surface area (Å²) in [7, 11) is 0. The first-order chi connectivity index (χ1) is 12.3. The van der Waals surface area contributed by atoms with Crippen molar-refractivity contribution in [2.24, 2.45) is 17.4 Å². The Kier molecular flexibility index (Phi) is 5.08. The zero-order chi connectivity index (χ0) is 18.8. The molecule has 0 aromatic carbocycles. The average molecular weight is 374 g/mol. The Morgan fingerprint density at radius 2 is 2.00 bits per heavy atom. The minimum Gasteiger partial charge on any atom is -0.372 e. The molecule has 2 heterocycles. The third-order valence-corrected chi connectivity index (χ3v) is 4.92. The lowest BCUT2D eigenvalue weighted by Gasteiger charge is -2.20. The number of nitrogens with zero attached hydrogens (tertiary/aromatic N) is 2. The highest BCUT2D eigenvalue weighted by molar-refractivity contribution is 7.10. The molecule has 6 N–H and O–H groups in total. The van der Waals surface area contributed by atoms with Gasteiger partial charge in [0.15, 0.2) is 5.69 Å². The van der Waals surface area contributed by atoms with Gasteiger partial charge in [-0.3, -0.25) is 9.59 Å². The number of aromatic nitrogens is 2. The molecule has 0 radical (unpaired) electrons. The Morgan fingerprint density at radius 1 is 1.27 bits per heavy atom. The maximum atomic E-state index is 11.7. The van der Waals surface area contributed by atoms with Crippen molar-refractivity contribution in [2.75, 3.05) is 10.6 Å². The summed E-state index contributed by atoms with van der Waals surface area (Å²) in [5.41, 5.74) is 13.1. The fraction of sp³-hybridized carbons (Fsp3) is 0.412. The molecule has 1 atom stereocenters. The smallest absolute Gasteiger partial charge is 0.269 e. The standard InChI is InChI=1S/C17H22N6O2S/c1-8(2)14(16(18)24)21-10-5-12(15(17(19)25)20-7-10)22-13-6-11(23-26-13)9-3-4-9/h5-9,14,21-22H,3-4H2,1-2H3,(H2,18,24)(H2,19,25)/t14-/m1/s1. The van der Waals surface area contributed by atoms with Crippen molar-refractivity contribution in [1.29, 1.82) is 0 Å². The van der Waals surface area contributed by atoms with Crippen LogP contribution in [0.5, 0.6) is 0 Å². The number of carbonyl (C=O) groups is 2. The Morgan fingerprint density at radius 3 is 2.58 bits per heavy atom. The molecular formula is C17H22N6O2S. The molecule has 2 aromatic rings. The lowest BCUT2D eigenvalue weighted by atomic mass is 10.0. The first-order valence-electron chi connectivity index (χ1n) is 8.44. The van der Waals surface area contributed by atoms with Crippen LogP contribution in [0.4, 0.5) is 16.4 Å². The summed E-state index contributed by atoms with van der Waals surface area (Å²) in [6.07, 6.45) is 3.80. The molecule has 9 heteroatoms. The Labute approximate surface area is 155 Å². The van der Waals surface area contributed by atoms with E-state index in [2.05, 4.69) is 20.0 Å². The fourth-order valence-corrected chi connectivity index (χ4v) is 3.37. The second kappa shape index (κ2) is 7.28. The van der Waals surface area contributed by atoms with Gasteiger partial charge >= 0.3 is 0 Å². The number of anilines is 3. The highest BCUT2D eigenvalue weighted by Gasteiger charge is 2.26. The lowest BCUT2D eigenvalue weighted by Crippen LogP contribution is -2.39. The molecule has 138 valence electrons. The number of nitrogens with one attached hydrogen (secondary N) is 2. The van der Waals surface area contributed by atoms with E-state index in [1.165, 1.54) is 30.6 Å². The number of carbonyl (C=O) groups excluding carboxylic acids is 2. The van der Waals surface area contributed by atoms with Gasteiger partial charge in [0.05, 0.1) is 23.3 Å². The molecule has 0 unspecified atom stereocenters. The van der Waals surface area contributed by atoms with Crippen molar-refractivity contribution in [3.63, 3.8) is 0 Å². The zero-order valence-corrected chi connectivity index (χ0v) is 15.5. The third kappa shape index (κ3) is 4.10. The van der Waals surface area contributed by atoms with Crippen molar-refractivity contribution in [3.05, 3.63) is 29.7 Å². The lowest BCUT2D eigenvalue weighted by molar-refractivity contribution is -0.119. The van der Waals surface area contributed by atoms with Crippen molar-refractivity contribution in [1.82, 2.24) is 9.36 Å². The highest BCUT2D eigenvalue weighted by Crippen LogP contribution is 2.41. The molecule has 2 aromatic heterocycles. The van der Waals surface area contributed by atoms with Crippen LogP contribution >= 0.6 is 11.5 Å². The molecule has 1 fully saturated rings. The normalized spacial score (nSPS) is 14.9. The minimum absolute atomic E-state index is 0.00215. The zero-order valence-electron chi connectivity index (χ0n) is 14.7. The highest BCUT2D eigenvalue weighted by atomic mass is 32.1. The molecule has 3 rings (SSSR count). The summed E-state index contributed by atoms with van der Waals surface area (Å²) in [4.78, 5) is 27.4. The first-order valence-corrected chi connectivity index (χ1v) is 9.22. The van der Waals surface area contributed by atoms with Crippen LogP contribution in [0.1, 0.15) is 48.8 Å². The van der Waals surface area contributed by atoms with E-state index < -0.39 is 17.9 Å². The van der Waals surface area contributed by atoms with Gasteiger partial charge in [0.2, 0.25) is 5.91 Å². The molecule has 26 heavy (non-hydrogen) atoms. The van der Waals surface area contributed by atoms with Gasteiger partial charge in [-0.25, -0.2) is 4.98 Å². The van der Waals surface area contributed by atoms with Crippen LogP contribution in [-0.2, 0) is 4.79 Å². The molecule has 0 saturated heterocycles. The largest absolute Gasteiger partial charge is 0.372 e. The van der Waals surface area contributed by atoms with Crippen molar-refractivity contribution >= 4 is 39.7 Å². The summed E-state index contributed by atoms with van der Waals surface area (Å²) >= 11 is 1.33. The van der Waals surface area contributed by atoms with Crippen LogP contribution in [0.2, 0.25) is 0 Å². The molecule has 0 bridgehead atoms. The van der Waals surface area contributed by atoms with Gasteiger partial charge in [-0.1, -0.05) is 13.8 Å². The van der Waals surface area contributed by atoms with Gasteiger partial charge in [0.25, 0.3) is 5.91 Å². The monoisotopic (exact) mass is 374 g/mol. The SMILES string of the molecule is CC(C)[C@@H](Nc1cnc(C(N)=O)c(Nc2cc(C3CC3)ns2)c1)C(N)=O. The van der Waals surface area contributed by atoms with Gasteiger partial charge in [0, 0.05) is 5.92 Å². The van der Waals surface area contributed by atoms with Crippen LogP contribution in [0.3, 0.4) is 0 Å². The predicted molar refractivity (Wildman–Crippen MR) is 102 cm³/mol. The number of primary amides is 2. The van der Waals surface area contributed by atoms with Crippen LogP contribution in [0.25, 0.3) is 0 Å². The van der Waals surface area contributed by atoms with Gasteiger partial charge in [0.1, 0.15) is 11.0 Å². The summed E-state index contributed by atoms with van der Waals surface area (Å²) in [6.45, 7) is 3.78. The third-order valence-electron chi connectivity index (χ3n) is 4.20. The van der Waals surface area contributed by atoms with E-state index in [1.807, 2.05) is 19.9 Å². The maximum absolute atomic E-state index is 11.7. The molecule has 1 aliphatic carbocycles. The van der Waals surface area contributed by atoms with E-state index in [0.717, 1.165) is 10.7 Å². The molecule has 0 aliphatic heterocycles. The van der Waals surface area contributed by atoms with E-state index in [1.54, 1.807) is 6.07 Å². The fourth-order valence-electron chi connectivity index (χ4n) is 2.63. The van der Waals surface area contributed by atoms with Crippen molar-refractivity contribution in [2.45, 2.75) is 38.6 Å². The first kappa shape index (κ1) is 18.1. The molecule has 2 amide bonds. The van der Waals surface area contributed by atoms with Gasteiger partial charge in [-0.2, -0.15) is 4.37 Å². The predicted octanol–water partition coefficient (Wildman–Crippen LogP) is 2.18. The number of hydrogen-bond acceptors (Lipinski definition) is 7. The maximum Gasteiger partial charge on any atom is 0.269 e. The second-order valence-electron chi connectivity index (χ2n) is 6.77. The van der Waals surface area contributed by atoms with E-state index in [4.69, 9.17) is 11.5 Å². The summed E-state index contributed by atoms with van der Waals surface area (Å²) in [5, 5.41) is 7.04. The summed E-state index contributed by atoms with van der Waals surface area (Å²) < 4.78 is 4.43. The van der Waals surface area contributed by atoms with Gasteiger partial charge < -0.3 is 22.1 Å². The van der Waals surface area contributed by atoms with E-state index in [9.17, 15) is 9.59 Å². The number of pyridine rings is 1. The van der Waals surface area contributed by atoms with Crippen molar-refractivity contribution in [3.8, 4) is 0 Å². The quantitative estimate of drug-likeness (QED) is 0.559. The number of rotatable bonds is 8. The Balaban J connectivity index is 1.85. The molecule has 0 spiro atoms. The van der Waals surface area contributed by atoms with Crippen LogP contribution < -0.4 is 22.1 Å². The summed E-state index contributed by atoms with van der Waals surface area (Å²) in [6, 6.07) is 3.13. The van der Waals surface area contributed by atoms with E-state index in [-0.39, 0.29) is 11.6 Å². The molecular weight excluding hydrogens is 352 g/mol. The van der Waals surface area contributed by atoms with Gasteiger partial charge in [-0.05, 0) is 42.4 Å². The number of nitrogens with two attached hydrogens (primary N) is 2. The summed E-state index contributed by atoms with van der Waals surface area (Å²) in [5.74, 6) is -0.542. The van der Waals surface area contributed by atoms with Crippen LogP contribution in [0, 0.1) is 5.92 Å². The number of amides is 2.